The summed E-state index contributed by atoms with van der Waals surface area (Å²) in [5.41, 5.74) is 4.02. The van der Waals surface area contributed by atoms with Crippen LogP contribution in [-0.4, -0.2) is 32.6 Å². The lowest BCUT2D eigenvalue weighted by atomic mass is 10.1. The molecule has 132 valence electrons. The topological polar surface area (TPSA) is 147 Å². The van der Waals surface area contributed by atoms with Gasteiger partial charge in [-0.1, -0.05) is 30.3 Å². The van der Waals surface area contributed by atoms with E-state index in [1.165, 1.54) is 0 Å². The third-order valence-electron chi connectivity index (χ3n) is 3.35. The fourth-order valence-electron chi connectivity index (χ4n) is 2.11. The first-order chi connectivity index (χ1) is 11.8. The maximum Gasteiger partial charge on any atom is 0.347 e. The Morgan fingerprint density at radius 3 is 2.52 bits per heavy atom. The minimum atomic E-state index is -1.92. The summed E-state index contributed by atoms with van der Waals surface area (Å²) in [7, 11) is 0. The number of carbonyl (C=O) groups excluding carboxylic acids is 1. The third kappa shape index (κ3) is 4.38. The number of aromatic nitrogens is 2. The average Bonchev–Trinajstić information content (AvgIpc) is 2.56. The van der Waals surface area contributed by atoms with Crippen LogP contribution >= 0.6 is 0 Å². The van der Waals surface area contributed by atoms with Gasteiger partial charge in [0.05, 0.1) is 12.2 Å². The van der Waals surface area contributed by atoms with Crippen molar-refractivity contribution in [1.82, 2.24) is 14.9 Å². The van der Waals surface area contributed by atoms with Crippen LogP contribution in [0.1, 0.15) is 11.7 Å². The summed E-state index contributed by atoms with van der Waals surface area (Å²) in [6, 6.07) is 7.68. The van der Waals surface area contributed by atoms with Gasteiger partial charge in [-0.15, -0.1) is 0 Å². The van der Waals surface area contributed by atoms with Crippen LogP contribution in [0.4, 0.5) is 4.39 Å². The normalized spacial score (nSPS) is 13.0. The molecule has 0 spiro atoms. The molecule has 0 fully saturated rings. The number of H-pyrrole nitrogens is 1. The highest BCUT2D eigenvalue weighted by atomic mass is 19.1. The number of amides is 1. The van der Waals surface area contributed by atoms with Gasteiger partial charge in [-0.3, -0.25) is 19.1 Å². The third-order valence-corrected chi connectivity index (χ3v) is 3.35. The van der Waals surface area contributed by atoms with Gasteiger partial charge in [-0.05, 0) is 12.0 Å². The van der Waals surface area contributed by atoms with Crippen molar-refractivity contribution >= 4 is 11.9 Å². The van der Waals surface area contributed by atoms with Crippen molar-refractivity contribution < 1.29 is 19.1 Å². The summed E-state index contributed by atoms with van der Waals surface area (Å²) in [6.07, 6.45) is -1.38. The molecule has 0 saturated carbocycles. The molecule has 2 atom stereocenters. The smallest absolute Gasteiger partial charge is 0.347 e. The van der Waals surface area contributed by atoms with Gasteiger partial charge in [-0.2, -0.15) is 4.39 Å². The number of carboxylic acid groups (broad SMARTS) is 1. The Labute approximate surface area is 139 Å². The largest absolute Gasteiger partial charge is 0.478 e. The van der Waals surface area contributed by atoms with E-state index in [-0.39, 0.29) is 6.42 Å². The van der Waals surface area contributed by atoms with E-state index in [0.29, 0.717) is 10.8 Å². The van der Waals surface area contributed by atoms with Crippen LogP contribution in [0.3, 0.4) is 0 Å². The number of carboxylic acids is 1. The molecule has 2 aromatic rings. The Kier molecular flexibility index (Phi) is 5.45. The van der Waals surface area contributed by atoms with Crippen molar-refractivity contribution in [3.05, 3.63) is 68.7 Å². The molecule has 0 aliphatic rings. The Morgan fingerprint density at radius 2 is 1.92 bits per heavy atom. The van der Waals surface area contributed by atoms with Crippen LogP contribution in [0.25, 0.3) is 0 Å². The average molecular weight is 350 g/mol. The molecule has 1 heterocycles. The van der Waals surface area contributed by atoms with E-state index < -0.39 is 41.2 Å². The highest BCUT2D eigenvalue weighted by molar-refractivity contribution is 5.86. The van der Waals surface area contributed by atoms with Crippen molar-refractivity contribution in [3.8, 4) is 0 Å². The quantitative estimate of drug-likeness (QED) is 0.522. The molecule has 5 N–H and O–H groups in total. The summed E-state index contributed by atoms with van der Waals surface area (Å²) in [4.78, 5) is 47.8. The van der Waals surface area contributed by atoms with E-state index >= 15 is 0 Å². The first kappa shape index (κ1) is 18.1. The molecule has 1 aromatic heterocycles. The van der Waals surface area contributed by atoms with Gasteiger partial charge >= 0.3 is 11.7 Å². The Bertz CT molecular complexity index is 893. The summed E-state index contributed by atoms with van der Waals surface area (Å²) in [5.74, 6) is -3.85. The number of rotatable bonds is 6. The first-order valence-electron chi connectivity index (χ1n) is 7.13. The highest BCUT2D eigenvalue weighted by Crippen LogP contribution is 2.04. The van der Waals surface area contributed by atoms with E-state index in [4.69, 9.17) is 5.73 Å². The molecule has 0 aliphatic heterocycles. The van der Waals surface area contributed by atoms with Crippen molar-refractivity contribution in [2.45, 2.75) is 18.6 Å². The highest BCUT2D eigenvalue weighted by Gasteiger charge is 2.26. The molecule has 0 saturated heterocycles. The van der Waals surface area contributed by atoms with E-state index in [1.54, 1.807) is 35.3 Å². The van der Waals surface area contributed by atoms with Crippen LogP contribution < -0.4 is 22.3 Å². The number of hydrogen-bond donors (Lipinski definition) is 4. The molecule has 9 nitrogen and oxygen atoms in total. The van der Waals surface area contributed by atoms with Gasteiger partial charge in [0.15, 0.2) is 0 Å². The lowest BCUT2D eigenvalue weighted by molar-refractivity contribution is -0.144. The molecule has 10 heteroatoms. The fraction of sp³-hybridized carbons (Fsp3) is 0.200. The second-order valence-electron chi connectivity index (χ2n) is 5.19. The maximum absolute atomic E-state index is 13.3. The minimum absolute atomic E-state index is 0.133. The lowest BCUT2D eigenvalue weighted by Gasteiger charge is -2.19. The SMILES string of the molecule is NC(Cc1ccccc1)C(=O)NC(C(=O)O)n1cc(F)c(=O)[nH]c1=O. The predicted octanol–water partition coefficient (Wildman–Crippen LogP) is -1.05. The molecule has 0 aliphatic carbocycles. The van der Waals surface area contributed by atoms with Crippen LogP contribution in [0, 0.1) is 5.82 Å². The molecule has 25 heavy (non-hydrogen) atoms. The molecule has 0 bridgehead atoms. The van der Waals surface area contributed by atoms with Gasteiger partial charge in [0.25, 0.3) is 5.56 Å². The molecule has 2 rings (SSSR count). The standard InChI is InChI=1S/C15H15FN4O5/c16-9-7-20(15(25)19-12(9)21)11(14(23)24)18-13(22)10(17)6-8-4-2-1-3-5-8/h1-5,7,10-11H,6,17H2,(H,18,22)(H,23,24)(H,19,21,25). The lowest BCUT2D eigenvalue weighted by Crippen LogP contribution is -2.50. The van der Waals surface area contributed by atoms with Crippen molar-refractivity contribution in [1.29, 1.82) is 0 Å². The number of aromatic amines is 1. The number of benzene rings is 1. The van der Waals surface area contributed by atoms with Gasteiger partial charge in [0, 0.05) is 0 Å². The van der Waals surface area contributed by atoms with Crippen molar-refractivity contribution in [2.75, 3.05) is 0 Å². The Morgan fingerprint density at radius 1 is 1.28 bits per heavy atom. The summed E-state index contributed by atoms with van der Waals surface area (Å²) in [5, 5.41) is 11.3. The molecular weight excluding hydrogens is 335 g/mol. The van der Waals surface area contributed by atoms with Gasteiger partial charge in [0.2, 0.25) is 17.9 Å². The summed E-state index contributed by atoms with van der Waals surface area (Å²) in [6.45, 7) is 0. The number of nitrogens with zero attached hydrogens (tertiary/aromatic N) is 1. The van der Waals surface area contributed by atoms with Crippen LogP contribution in [0.2, 0.25) is 0 Å². The van der Waals surface area contributed by atoms with E-state index in [2.05, 4.69) is 5.32 Å². The molecule has 0 radical (unpaired) electrons. The molecular formula is C15H15FN4O5. The first-order valence-corrected chi connectivity index (χ1v) is 7.13. The number of carbonyl (C=O) groups is 2. The molecule has 1 aromatic carbocycles. The van der Waals surface area contributed by atoms with E-state index in [0.717, 1.165) is 5.56 Å². The Balaban J connectivity index is 2.20. The number of nitrogens with one attached hydrogen (secondary N) is 2. The summed E-state index contributed by atoms with van der Waals surface area (Å²) < 4.78 is 13.7. The number of nitrogens with two attached hydrogens (primary N) is 1. The zero-order valence-corrected chi connectivity index (χ0v) is 12.8. The Hall–Kier alpha value is -3.27. The van der Waals surface area contributed by atoms with Gasteiger partial charge < -0.3 is 16.2 Å². The number of aliphatic carboxylic acids is 1. The molecule has 1 amide bonds. The summed E-state index contributed by atoms with van der Waals surface area (Å²) >= 11 is 0. The van der Waals surface area contributed by atoms with Crippen molar-refractivity contribution in [3.63, 3.8) is 0 Å². The van der Waals surface area contributed by atoms with Crippen LogP contribution in [-0.2, 0) is 16.0 Å². The van der Waals surface area contributed by atoms with Crippen LogP contribution in [0.15, 0.2) is 46.1 Å². The van der Waals surface area contributed by atoms with Crippen molar-refractivity contribution in [2.24, 2.45) is 5.73 Å². The second-order valence-corrected chi connectivity index (χ2v) is 5.19. The fourth-order valence-corrected chi connectivity index (χ4v) is 2.11. The molecule has 2 unspecified atom stereocenters. The zero-order valence-electron chi connectivity index (χ0n) is 12.8. The zero-order chi connectivity index (χ0) is 18.6. The number of hydrogen-bond acceptors (Lipinski definition) is 5. The van der Waals surface area contributed by atoms with Gasteiger partial charge in [-0.25, -0.2) is 9.59 Å². The van der Waals surface area contributed by atoms with E-state index in [1.807, 2.05) is 0 Å². The predicted molar refractivity (Wildman–Crippen MR) is 84.2 cm³/mol. The minimum Gasteiger partial charge on any atom is -0.478 e. The maximum atomic E-state index is 13.3. The monoisotopic (exact) mass is 350 g/mol. The van der Waals surface area contributed by atoms with Gasteiger partial charge in [0.1, 0.15) is 0 Å². The second kappa shape index (κ2) is 7.53. The van der Waals surface area contributed by atoms with E-state index in [9.17, 15) is 28.7 Å². The van der Waals surface area contributed by atoms with Crippen LogP contribution in [0.5, 0.6) is 0 Å². The number of halogens is 1.